The van der Waals surface area contributed by atoms with E-state index in [1.54, 1.807) is 32.8 Å². The Hall–Kier alpha value is -1.02. The van der Waals surface area contributed by atoms with Crippen molar-refractivity contribution < 1.29 is 9.47 Å². The van der Waals surface area contributed by atoms with Crippen molar-refractivity contribution in [3.8, 4) is 5.75 Å². The van der Waals surface area contributed by atoms with Crippen LogP contribution in [-0.2, 0) is 4.74 Å². The molecule has 0 radical (unpaired) electrons. The molecule has 28 heavy (non-hydrogen) atoms. The molecule has 2 aliphatic carbocycles. The molecule has 2 nitrogen and oxygen atoms in total. The molecule has 0 heterocycles. The number of unbranched alkanes of at least 4 members (excludes halogenated alkanes) is 1. The summed E-state index contributed by atoms with van der Waals surface area (Å²) in [5, 5.41) is 0. The monoisotopic (exact) mass is 388 g/mol. The second-order valence-corrected chi connectivity index (χ2v) is 9.40. The smallest absolute Gasteiger partial charge is 0.119 e. The molecule has 2 fully saturated rings. The van der Waals surface area contributed by atoms with E-state index in [9.17, 15) is 0 Å². The summed E-state index contributed by atoms with van der Waals surface area (Å²) in [6, 6.07) is 8.13. The minimum absolute atomic E-state index is 0.770. The van der Waals surface area contributed by atoms with Crippen LogP contribution in [0.25, 0.3) is 0 Å². The molecule has 0 aliphatic heterocycles. The Morgan fingerprint density at radius 1 is 0.714 bits per heavy atom. The van der Waals surface area contributed by atoms with Gasteiger partial charge in [0, 0.05) is 13.7 Å². The molecule has 0 unspecified atom stereocenters. The van der Waals surface area contributed by atoms with Crippen molar-refractivity contribution in [1.82, 2.24) is 0 Å². The van der Waals surface area contributed by atoms with E-state index in [-0.39, 0.29) is 0 Å². The third-order valence-corrected chi connectivity index (χ3v) is 6.82. The van der Waals surface area contributed by atoms with E-state index in [2.05, 4.69) is 32.9 Å². The average Bonchev–Trinajstić information content (AvgIpc) is 2.71. The van der Waals surface area contributed by atoms with Gasteiger partial charge in [0.25, 0.3) is 0 Å². The zero-order valence-corrected chi connectivity index (χ0v) is 18.9. The van der Waals surface area contributed by atoms with Crippen molar-refractivity contribution in [3.05, 3.63) is 29.8 Å². The number of rotatable bonds is 7. The second kappa shape index (κ2) is 13.2. The maximum Gasteiger partial charge on any atom is 0.119 e. The lowest BCUT2D eigenvalue weighted by Gasteiger charge is -2.36. The number of benzene rings is 1. The van der Waals surface area contributed by atoms with Gasteiger partial charge in [0.15, 0.2) is 0 Å². The third kappa shape index (κ3) is 8.99. The summed E-state index contributed by atoms with van der Waals surface area (Å²) in [4.78, 5) is 0. The van der Waals surface area contributed by atoms with Gasteiger partial charge in [0.2, 0.25) is 0 Å². The molecule has 1 aromatic rings. The first-order valence-electron chi connectivity index (χ1n) is 11.8. The predicted molar refractivity (Wildman–Crippen MR) is 120 cm³/mol. The zero-order chi connectivity index (χ0) is 20.2. The van der Waals surface area contributed by atoms with Gasteiger partial charge < -0.3 is 9.47 Å². The van der Waals surface area contributed by atoms with Gasteiger partial charge in [-0.25, -0.2) is 0 Å². The van der Waals surface area contributed by atoms with E-state index >= 15 is 0 Å². The van der Waals surface area contributed by atoms with Crippen LogP contribution in [0.1, 0.15) is 83.6 Å². The lowest BCUT2D eigenvalue weighted by molar-refractivity contribution is 0.155. The standard InChI is InChI=1S/C14H26.C12H18O2/c1-11-3-7-13(8-4-11)14-9-5-12(2)6-10-14;1-11-5-7-12(8-6-11)14-10-4-3-9-13-2/h11-14H,3-10H2,1-2H3;5-8H,3-4,9-10H2,1-2H3. The Morgan fingerprint density at radius 3 is 1.64 bits per heavy atom. The van der Waals surface area contributed by atoms with Crippen LogP contribution >= 0.6 is 0 Å². The Bertz CT molecular complexity index is 474. The number of aryl methyl sites for hydroxylation is 1. The highest BCUT2D eigenvalue weighted by Crippen LogP contribution is 2.40. The first-order valence-corrected chi connectivity index (χ1v) is 11.8. The van der Waals surface area contributed by atoms with Crippen LogP contribution in [-0.4, -0.2) is 20.3 Å². The van der Waals surface area contributed by atoms with Crippen LogP contribution < -0.4 is 4.74 Å². The van der Waals surface area contributed by atoms with Gasteiger partial charge >= 0.3 is 0 Å². The molecule has 0 amide bonds. The van der Waals surface area contributed by atoms with Crippen molar-refractivity contribution >= 4 is 0 Å². The van der Waals surface area contributed by atoms with Crippen molar-refractivity contribution in [2.75, 3.05) is 20.3 Å². The summed E-state index contributed by atoms with van der Waals surface area (Å²) >= 11 is 0. The number of ether oxygens (including phenoxy) is 2. The molecule has 0 atom stereocenters. The fraction of sp³-hybridized carbons (Fsp3) is 0.769. The number of hydrogen-bond acceptors (Lipinski definition) is 2. The highest BCUT2D eigenvalue weighted by Gasteiger charge is 2.28. The first-order chi connectivity index (χ1) is 13.6. The Balaban J connectivity index is 0.000000200. The van der Waals surface area contributed by atoms with E-state index in [1.165, 1.54) is 31.2 Å². The van der Waals surface area contributed by atoms with E-state index in [0.29, 0.717) is 0 Å². The quantitative estimate of drug-likeness (QED) is 0.452. The highest BCUT2D eigenvalue weighted by molar-refractivity contribution is 5.26. The van der Waals surface area contributed by atoms with Gasteiger partial charge in [-0.15, -0.1) is 0 Å². The summed E-state index contributed by atoms with van der Waals surface area (Å²) in [6.07, 6.45) is 14.3. The molecule has 0 saturated heterocycles. The number of hydrogen-bond donors (Lipinski definition) is 0. The predicted octanol–water partition coefficient (Wildman–Crippen LogP) is 7.44. The molecule has 0 spiro atoms. The van der Waals surface area contributed by atoms with E-state index in [0.717, 1.165) is 55.5 Å². The lowest BCUT2D eigenvalue weighted by Crippen LogP contribution is -2.24. The Kier molecular flexibility index (Phi) is 11.0. The molecular weight excluding hydrogens is 344 g/mol. The molecule has 2 saturated carbocycles. The summed E-state index contributed by atoms with van der Waals surface area (Å²) in [5.74, 6) is 5.22. The molecule has 2 heteroatoms. The fourth-order valence-electron chi connectivity index (χ4n) is 4.69. The van der Waals surface area contributed by atoms with E-state index in [4.69, 9.17) is 9.47 Å². The molecule has 3 rings (SSSR count). The van der Waals surface area contributed by atoms with Crippen LogP contribution in [0.5, 0.6) is 5.75 Å². The molecule has 160 valence electrons. The normalized spacial score (nSPS) is 27.6. The van der Waals surface area contributed by atoms with Crippen molar-refractivity contribution in [3.63, 3.8) is 0 Å². The zero-order valence-electron chi connectivity index (χ0n) is 18.9. The highest BCUT2D eigenvalue weighted by atomic mass is 16.5. The largest absolute Gasteiger partial charge is 0.494 e. The molecule has 0 N–H and O–H groups in total. The average molecular weight is 389 g/mol. The summed E-state index contributed by atoms with van der Waals surface area (Å²) < 4.78 is 10.5. The van der Waals surface area contributed by atoms with Crippen molar-refractivity contribution in [2.45, 2.75) is 85.0 Å². The van der Waals surface area contributed by atoms with Gasteiger partial charge in [0.1, 0.15) is 5.75 Å². The third-order valence-electron chi connectivity index (χ3n) is 6.82. The first kappa shape index (κ1) is 23.3. The molecular formula is C26H44O2. The van der Waals surface area contributed by atoms with Crippen molar-refractivity contribution in [2.24, 2.45) is 23.7 Å². The number of methoxy groups -OCH3 is 1. The van der Waals surface area contributed by atoms with Gasteiger partial charge in [-0.05, 0) is 81.3 Å². The van der Waals surface area contributed by atoms with E-state index < -0.39 is 0 Å². The topological polar surface area (TPSA) is 18.5 Å². The summed E-state index contributed by atoms with van der Waals surface area (Å²) in [7, 11) is 1.72. The second-order valence-electron chi connectivity index (χ2n) is 9.40. The van der Waals surface area contributed by atoms with E-state index in [1.807, 2.05) is 12.1 Å². The van der Waals surface area contributed by atoms with Gasteiger partial charge in [0.05, 0.1) is 6.61 Å². The fourth-order valence-corrected chi connectivity index (χ4v) is 4.69. The molecule has 2 aliphatic rings. The maximum absolute atomic E-state index is 5.55. The maximum atomic E-state index is 5.55. The molecule has 0 aromatic heterocycles. The SMILES string of the molecule is CC1CCC(C2CCC(C)CC2)CC1.COCCCCOc1ccc(C)cc1. The van der Waals surface area contributed by atoms with Crippen LogP contribution in [0.3, 0.4) is 0 Å². The van der Waals surface area contributed by atoms with Gasteiger partial charge in [-0.2, -0.15) is 0 Å². The van der Waals surface area contributed by atoms with Crippen molar-refractivity contribution in [1.29, 1.82) is 0 Å². The Morgan fingerprint density at radius 2 is 1.18 bits per heavy atom. The summed E-state index contributed by atoms with van der Waals surface area (Å²) in [6.45, 7) is 8.52. The van der Waals surface area contributed by atoms with Crippen LogP contribution in [0, 0.1) is 30.6 Å². The minimum atomic E-state index is 0.770. The van der Waals surface area contributed by atoms with Crippen LogP contribution in [0.4, 0.5) is 0 Å². The van der Waals surface area contributed by atoms with Crippen LogP contribution in [0.15, 0.2) is 24.3 Å². The Labute approximate surface area is 174 Å². The lowest BCUT2D eigenvalue weighted by atomic mass is 9.70. The summed E-state index contributed by atoms with van der Waals surface area (Å²) in [5.41, 5.74) is 1.26. The molecule has 0 bridgehead atoms. The minimum Gasteiger partial charge on any atom is -0.494 e. The van der Waals surface area contributed by atoms with Gasteiger partial charge in [-0.3, -0.25) is 0 Å². The molecule has 1 aromatic carbocycles. The van der Waals surface area contributed by atoms with Gasteiger partial charge in [-0.1, -0.05) is 57.2 Å². The van der Waals surface area contributed by atoms with Crippen LogP contribution in [0.2, 0.25) is 0 Å².